The number of rotatable bonds is 7. The molecule has 0 aliphatic heterocycles. The molecule has 0 saturated carbocycles. The number of aromatic nitrogens is 2. The van der Waals surface area contributed by atoms with Crippen LogP contribution in [0, 0.1) is 5.82 Å². The van der Waals surface area contributed by atoms with Crippen molar-refractivity contribution in [2.45, 2.75) is 6.54 Å². The average Bonchev–Trinajstić information content (AvgIpc) is 2.70. The molecule has 0 radical (unpaired) electrons. The van der Waals surface area contributed by atoms with Crippen LogP contribution in [0.15, 0.2) is 59.4 Å². The number of aromatic amines is 1. The topological polar surface area (TPSA) is 75.3 Å². The monoisotopic (exact) mass is 381 g/mol. The summed E-state index contributed by atoms with van der Waals surface area (Å²) in [6, 6.07) is 12.9. The smallest absolute Gasteiger partial charge is 0.258 e. The molecule has 0 fully saturated rings. The van der Waals surface area contributed by atoms with E-state index in [0.29, 0.717) is 35.4 Å². The predicted octanol–water partition coefficient (Wildman–Crippen LogP) is 2.75. The number of hydrogen-bond acceptors (Lipinski definition) is 4. The van der Waals surface area contributed by atoms with E-state index < -0.39 is 0 Å². The number of benzene rings is 2. The van der Waals surface area contributed by atoms with E-state index in [1.54, 1.807) is 49.6 Å². The minimum Gasteiger partial charge on any atom is -0.383 e. The lowest BCUT2D eigenvalue weighted by Crippen LogP contribution is -2.33. The lowest BCUT2D eigenvalue weighted by atomic mass is 10.2. The van der Waals surface area contributed by atoms with Gasteiger partial charge < -0.3 is 14.6 Å². The van der Waals surface area contributed by atoms with Gasteiger partial charge in [-0.15, -0.1) is 0 Å². The second kappa shape index (κ2) is 9.05. The normalized spacial score (nSPS) is 11.2. The Labute approximate surface area is 161 Å². The summed E-state index contributed by atoms with van der Waals surface area (Å²) in [7, 11) is 1.55. The summed E-state index contributed by atoms with van der Waals surface area (Å²) in [6.07, 6.45) is 3.01. The van der Waals surface area contributed by atoms with Crippen molar-refractivity contribution < 1.29 is 13.9 Å². The molecule has 0 bridgehead atoms. The fraction of sp³-hybridized carbons (Fsp3) is 0.190. The van der Waals surface area contributed by atoms with E-state index in [1.165, 1.54) is 23.1 Å². The maximum atomic E-state index is 13.0. The van der Waals surface area contributed by atoms with Gasteiger partial charge in [0.15, 0.2) is 0 Å². The van der Waals surface area contributed by atoms with Crippen LogP contribution in [-0.4, -0.2) is 41.0 Å². The maximum absolute atomic E-state index is 13.0. The van der Waals surface area contributed by atoms with Gasteiger partial charge in [-0.2, -0.15) is 0 Å². The van der Waals surface area contributed by atoms with Crippen molar-refractivity contribution in [3.05, 3.63) is 82.2 Å². The third-order valence-corrected chi connectivity index (χ3v) is 4.17. The van der Waals surface area contributed by atoms with Crippen LogP contribution in [0.5, 0.6) is 0 Å². The predicted molar refractivity (Wildman–Crippen MR) is 105 cm³/mol. The number of para-hydroxylation sites is 1. The zero-order valence-corrected chi connectivity index (χ0v) is 15.4. The minimum absolute atomic E-state index is 0.135. The van der Waals surface area contributed by atoms with E-state index in [9.17, 15) is 14.0 Å². The standard InChI is InChI=1S/C21H20FN3O3/c1-28-13-12-25(20(26)11-8-15-6-9-16(22)10-7-15)14-19-23-18-5-3-2-4-17(18)21(27)24-19/h2-11H,12-14H2,1H3,(H,23,24,27). The van der Waals surface area contributed by atoms with Crippen molar-refractivity contribution in [2.24, 2.45) is 0 Å². The highest BCUT2D eigenvalue weighted by Crippen LogP contribution is 2.09. The van der Waals surface area contributed by atoms with Crippen LogP contribution in [0.25, 0.3) is 17.0 Å². The number of H-pyrrole nitrogens is 1. The molecule has 0 spiro atoms. The molecule has 0 atom stereocenters. The lowest BCUT2D eigenvalue weighted by Gasteiger charge is -2.20. The third-order valence-electron chi connectivity index (χ3n) is 4.17. The first kappa shape index (κ1) is 19.4. The second-order valence-corrected chi connectivity index (χ2v) is 6.17. The highest BCUT2D eigenvalue weighted by Gasteiger charge is 2.14. The van der Waals surface area contributed by atoms with Crippen LogP contribution in [0.3, 0.4) is 0 Å². The van der Waals surface area contributed by atoms with Gasteiger partial charge in [-0.25, -0.2) is 9.37 Å². The fourth-order valence-electron chi connectivity index (χ4n) is 2.71. The summed E-state index contributed by atoms with van der Waals surface area (Å²) in [5, 5.41) is 0.497. The summed E-state index contributed by atoms with van der Waals surface area (Å²) in [5.74, 6) is -0.211. The van der Waals surface area contributed by atoms with Gasteiger partial charge in [0, 0.05) is 19.7 Å². The van der Waals surface area contributed by atoms with Crippen molar-refractivity contribution in [1.82, 2.24) is 14.9 Å². The van der Waals surface area contributed by atoms with E-state index in [0.717, 1.165) is 0 Å². The zero-order valence-electron chi connectivity index (χ0n) is 15.4. The number of hydrogen-bond donors (Lipinski definition) is 1. The number of ether oxygens (including phenoxy) is 1. The third kappa shape index (κ3) is 4.89. The Bertz CT molecular complexity index is 1040. The number of fused-ring (bicyclic) bond motifs is 1. The molecule has 2 aromatic carbocycles. The molecule has 1 heterocycles. The largest absolute Gasteiger partial charge is 0.383 e. The number of nitrogens with one attached hydrogen (secondary N) is 1. The summed E-state index contributed by atoms with van der Waals surface area (Å²) in [4.78, 5) is 33.6. The SMILES string of the molecule is COCCN(Cc1nc2ccccc2c(=O)[nH]1)C(=O)C=Cc1ccc(F)cc1. The summed E-state index contributed by atoms with van der Waals surface area (Å²) in [6.45, 7) is 0.809. The Balaban J connectivity index is 1.80. The van der Waals surface area contributed by atoms with Crippen molar-refractivity contribution in [3.63, 3.8) is 0 Å². The number of carbonyl (C=O) groups excluding carboxylic acids is 1. The Kier molecular flexibility index (Phi) is 6.29. The molecule has 0 aliphatic carbocycles. The van der Waals surface area contributed by atoms with Crippen molar-refractivity contribution in [1.29, 1.82) is 0 Å². The number of carbonyl (C=O) groups is 1. The lowest BCUT2D eigenvalue weighted by molar-refractivity contribution is -0.127. The first-order valence-corrected chi connectivity index (χ1v) is 8.76. The Morgan fingerprint density at radius 1 is 1.21 bits per heavy atom. The first-order chi connectivity index (χ1) is 13.6. The van der Waals surface area contributed by atoms with Crippen molar-refractivity contribution >= 4 is 22.9 Å². The number of nitrogens with zero attached hydrogens (tertiary/aromatic N) is 2. The van der Waals surface area contributed by atoms with Crippen LogP contribution in [0.1, 0.15) is 11.4 Å². The number of halogens is 1. The van der Waals surface area contributed by atoms with E-state index in [-0.39, 0.29) is 23.8 Å². The Hall–Kier alpha value is -3.32. The molecule has 3 aromatic rings. The van der Waals surface area contributed by atoms with Gasteiger partial charge >= 0.3 is 0 Å². The number of methoxy groups -OCH3 is 1. The maximum Gasteiger partial charge on any atom is 0.258 e. The van der Waals surface area contributed by atoms with Gasteiger partial charge in [0.2, 0.25) is 5.91 Å². The van der Waals surface area contributed by atoms with E-state index >= 15 is 0 Å². The molecular formula is C21H20FN3O3. The molecule has 0 unspecified atom stereocenters. The van der Waals surface area contributed by atoms with Crippen LogP contribution in [0.4, 0.5) is 4.39 Å². The van der Waals surface area contributed by atoms with Crippen molar-refractivity contribution in [2.75, 3.05) is 20.3 Å². The van der Waals surface area contributed by atoms with Crippen LogP contribution in [0.2, 0.25) is 0 Å². The van der Waals surface area contributed by atoms with Crippen LogP contribution in [-0.2, 0) is 16.1 Å². The van der Waals surface area contributed by atoms with E-state index in [2.05, 4.69) is 9.97 Å². The molecule has 1 amide bonds. The summed E-state index contributed by atoms with van der Waals surface area (Å²) in [5.41, 5.74) is 1.03. The molecule has 6 nitrogen and oxygen atoms in total. The Morgan fingerprint density at radius 2 is 1.96 bits per heavy atom. The van der Waals surface area contributed by atoms with Gasteiger partial charge in [0.1, 0.15) is 11.6 Å². The summed E-state index contributed by atoms with van der Waals surface area (Å²) < 4.78 is 18.1. The first-order valence-electron chi connectivity index (χ1n) is 8.76. The molecule has 28 heavy (non-hydrogen) atoms. The average molecular weight is 381 g/mol. The van der Waals surface area contributed by atoms with E-state index in [1.807, 2.05) is 0 Å². The minimum atomic E-state index is -0.337. The quantitative estimate of drug-likeness (QED) is 0.639. The van der Waals surface area contributed by atoms with Gasteiger partial charge in [-0.1, -0.05) is 24.3 Å². The zero-order chi connectivity index (χ0) is 19.9. The molecule has 1 N–H and O–H groups in total. The van der Waals surface area contributed by atoms with Gasteiger partial charge in [-0.05, 0) is 35.9 Å². The van der Waals surface area contributed by atoms with Crippen LogP contribution >= 0.6 is 0 Å². The fourth-order valence-corrected chi connectivity index (χ4v) is 2.71. The Morgan fingerprint density at radius 3 is 2.71 bits per heavy atom. The number of amides is 1. The molecule has 0 aliphatic rings. The molecule has 3 rings (SSSR count). The molecule has 0 saturated heterocycles. The highest BCUT2D eigenvalue weighted by molar-refractivity contribution is 5.91. The van der Waals surface area contributed by atoms with Gasteiger partial charge in [-0.3, -0.25) is 9.59 Å². The molecule has 1 aromatic heterocycles. The molecule has 7 heteroatoms. The molecule has 144 valence electrons. The molecular weight excluding hydrogens is 361 g/mol. The highest BCUT2D eigenvalue weighted by atomic mass is 19.1. The van der Waals surface area contributed by atoms with Gasteiger partial charge in [0.25, 0.3) is 5.56 Å². The summed E-state index contributed by atoms with van der Waals surface area (Å²) >= 11 is 0. The van der Waals surface area contributed by atoms with Gasteiger partial charge in [0.05, 0.1) is 24.1 Å². The van der Waals surface area contributed by atoms with Crippen molar-refractivity contribution in [3.8, 4) is 0 Å². The van der Waals surface area contributed by atoms with Crippen LogP contribution < -0.4 is 5.56 Å². The van der Waals surface area contributed by atoms with E-state index in [4.69, 9.17) is 4.74 Å². The second-order valence-electron chi connectivity index (χ2n) is 6.17.